The SMILES string of the molecule is [CH2]CCCc1c2ccccc2cc2ccccc12. The summed E-state index contributed by atoms with van der Waals surface area (Å²) in [4.78, 5) is 0. The summed E-state index contributed by atoms with van der Waals surface area (Å²) in [6.07, 6.45) is 3.26. The average molecular weight is 233 g/mol. The van der Waals surface area contributed by atoms with E-state index in [4.69, 9.17) is 0 Å². The summed E-state index contributed by atoms with van der Waals surface area (Å²) in [7, 11) is 0. The Kier molecular flexibility index (Phi) is 3.02. The van der Waals surface area contributed by atoms with E-state index in [0.717, 1.165) is 19.3 Å². The van der Waals surface area contributed by atoms with Crippen LogP contribution < -0.4 is 0 Å². The first-order valence-corrected chi connectivity index (χ1v) is 6.59. The molecule has 0 amide bonds. The molecule has 0 aromatic heterocycles. The van der Waals surface area contributed by atoms with Crippen LogP contribution in [0.5, 0.6) is 0 Å². The summed E-state index contributed by atoms with van der Waals surface area (Å²) in [5, 5.41) is 5.47. The topological polar surface area (TPSA) is 0 Å². The van der Waals surface area contributed by atoms with Gasteiger partial charge in [0.2, 0.25) is 0 Å². The van der Waals surface area contributed by atoms with Crippen LogP contribution in [0.3, 0.4) is 0 Å². The summed E-state index contributed by atoms with van der Waals surface area (Å²) in [5.41, 5.74) is 1.48. The number of rotatable bonds is 3. The third-order valence-corrected chi connectivity index (χ3v) is 3.56. The van der Waals surface area contributed by atoms with Crippen molar-refractivity contribution in [3.63, 3.8) is 0 Å². The highest BCUT2D eigenvalue weighted by Gasteiger charge is 2.06. The second-order valence-electron chi connectivity index (χ2n) is 4.75. The van der Waals surface area contributed by atoms with Gasteiger partial charge in [0.25, 0.3) is 0 Å². The third-order valence-electron chi connectivity index (χ3n) is 3.56. The number of hydrogen-bond donors (Lipinski definition) is 0. The van der Waals surface area contributed by atoms with Crippen molar-refractivity contribution in [3.8, 4) is 0 Å². The Morgan fingerprint density at radius 2 is 1.33 bits per heavy atom. The number of benzene rings is 3. The van der Waals surface area contributed by atoms with Crippen molar-refractivity contribution >= 4 is 21.5 Å². The number of unbranched alkanes of at least 4 members (excludes halogenated alkanes) is 1. The summed E-state index contributed by atoms with van der Waals surface area (Å²) < 4.78 is 0. The van der Waals surface area contributed by atoms with Gasteiger partial charge < -0.3 is 0 Å². The van der Waals surface area contributed by atoms with E-state index in [1.54, 1.807) is 0 Å². The molecule has 3 aromatic rings. The Morgan fingerprint density at radius 3 is 1.89 bits per heavy atom. The van der Waals surface area contributed by atoms with E-state index >= 15 is 0 Å². The van der Waals surface area contributed by atoms with Gasteiger partial charge in [0, 0.05) is 0 Å². The molecule has 0 aliphatic carbocycles. The van der Waals surface area contributed by atoms with E-state index in [2.05, 4.69) is 61.5 Å². The standard InChI is InChI=1S/C18H17/c1-2-3-10-18-16-11-6-4-8-14(16)13-15-9-5-7-12-17(15)18/h4-9,11-13H,1-3,10H2. The van der Waals surface area contributed by atoms with Gasteiger partial charge in [-0.15, -0.1) is 0 Å². The Hall–Kier alpha value is -1.82. The minimum atomic E-state index is 0.998. The Labute approximate surface area is 108 Å². The van der Waals surface area contributed by atoms with Crippen molar-refractivity contribution in [3.05, 3.63) is 67.1 Å². The molecular weight excluding hydrogens is 216 g/mol. The molecule has 0 N–H and O–H groups in total. The molecule has 3 aromatic carbocycles. The zero-order chi connectivity index (χ0) is 12.4. The molecule has 0 saturated heterocycles. The lowest BCUT2D eigenvalue weighted by Crippen LogP contribution is -1.90. The molecule has 3 rings (SSSR count). The lowest BCUT2D eigenvalue weighted by atomic mass is 9.94. The maximum absolute atomic E-state index is 3.96. The highest BCUT2D eigenvalue weighted by molar-refractivity contribution is 6.02. The molecule has 1 radical (unpaired) electrons. The lowest BCUT2D eigenvalue weighted by molar-refractivity contribution is 0.850. The predicted molar refractivity (Wildman–Crippen MR) is 79.7 cm³/mol. The molecule has 0 aliphatic heterocycles. The third kappa shape index (κ3) is 1.88. The average Bonchev–Trinajstić information content (AvgIpc) is 2.43. The first-order valence-electron chi connectivity index (χ1n) is 6.59. The van der Waals surface area contributed by atoms with Crippen molar-refractivity contribution < 1.29 is 0 Å². The van der Waals surface area contributed by atoms with Gasteiger partial charge in [-0.3, -0.25) is 0 Å². The Balaban J connectivity index is 2.34. The predicted octanol–water partition coefficient (Wildman–Crippen LogP) is 5.15. The summed E-state index contributed by atoms with van der Waals surface area (Å²) in [5.74, 6) is 0. The van der Waals surface area contributed by atoms with Crippen LogP contribution in [0.25, 0.3) is 21.5 Å². The monoisotopic (exact) mass is 233 g/mol. The van der Waals surface area contributed by atoms with Crippen LogP contribution in [-0.4, -0.2) is 0 Å². The molecule has 0 nitrogen and oxygen atoms in total. The van der Waals surface area contributed by atoms with Gasteiger partial charge >= 0.3 is 0 Å². The summed E-state index contributed by atoms with van der Waals surface area (Å²) in [6.45, 7) is 3.96. The molecule has 0 atom stereocenters. The van der Waals surface area contributed by atoms with Gasteiger partial charge in [-0.1, -0.05) is 61.9 Å². The van der Waals surface area contributed by atoms with Crippen molar-refractivity contribution in [1.82, 2.24) is 0 Å². The van der Waals surface area contributed by atoms with E-state index < -0.39 is 0 Å². The number of fused-ring (bicyclic) bond motifs is 2. The Morgan fingerprint density at radius 1 is 0.778 bits per heavy atom. The van der Waals surface area contributed by atoms with Crippen molar-refractivity contribution in [1.29, 1.82) is 0 Å². The van der Waals surface area contributed by atoms with Crippen LogP contribution >= 0.6 is 0 Å². The van der Waals surface area contributed by atoms with Crippen molar-refractivity contribution in [2.45, 2.75) is 19.3 Å². The highest BCUT2D eigenvalue weighted by Crippen LogP contribution is 2.29. The quantitative estimate of drug-likeness (QED) is 0.549. The molecule has 0 aliphatic rings. The zero-order valence-corrected chi connectivity index (χ0v) is 10.5. The van der Waals surface area contributed by atoms with E-state index in [0.29, 0.717) is 0 Å². The fourth-order valence-corrected chi connectivity index (χ4v) is 2.68. The molecule has 0 heterocycles. The second kappa shape index (κ2) is 4.81. The molecule has 89 valence electrons. The molecule has 0 saturated carbocycles. The molecule has 0 bridgehead atoms. The molecule has 0 fully saturated rings. The first-order chi connectivity index (χ1) is 8.90. The number of aryl methyl sites for hydroxylation is 1. The molecule has 18 heavy (non-hydrogen) atoms. The van der Waals surface area contributed by atoms with E-state index in [1.807, 2.05) is 0 Å². The number of hydrogen-bond acceptors (Lipinski definition) is 0. The van der Waals surface area contributed by atoms with Gasteiger partial charge in [-0.05, 0) is 46.0 Å². The summed E-state index contributed by atoms with van der Waals surface area (Å²) >= 11 is 0. The fourth-order valence-electron chi connectivity index (χ4n) is 2.68. The van der Waals surface area contributed by atoms with E-state index in [9.17, 15) is 0 Å². The van der Waals surface area contributed by atoms with Gasteiger partial charge in [-0.25, -0.2) is 0 Å². The smallest absolute Gasteiger partial charge is 0.0146 e. The van der Waals surface area contributed by atoms with Gasteiger partial charge in [0.1, 0.15) is 0 Å². The fraction of sp³-hybridized carbons (Fsp3) is 0.167. The maximum Gasteiger partial charge on any atom is -0.0146 e. The molecule has 0 heteroatoms. The normalized spacial score (nSPS) is 11.2. The largest absolute Gasteiger partial charge is 0.0616 e. The van der Waals surface area contributed by atoms with Crippen LogP contribution in [0.2, 0.25) is 0 Å². The minimum Gasteiger partial charge on any atom is -0.0616 e. The van der Waals surface area contributed by atoms with Crippen LogP contribution in [0.4, 0.5) is 0 Å². The highest BCUT2D eigenvalue weighted by atomic mass is 14.1. The summed E-state index contributed by atoms with van der Waals surface area (Å²) in [6, 6.07) is 19.7. The molecule has 0 unspecified atom stereocenters. The zero-order valence-electron chi connectivity index (χ0n) is 10.5. The van der Waals surface area contributed by atoms with Crippen LogP contribution in [0.15, 0.2) is 54.6 Å². The van der Waals surface area contributed by atoms with Crippen LogP contribution in [0.1, 0.15) is 18.4 Å². The first kappa shape index (κ1) is 11.3. The second-order valence-corrected chi connectivity index (χ2v) is 4.75. The molecule has 0 spiro atoms. The Bertz CT molecular complexity index is 626. The van der Waals surface area contributed by atoms with E-state index in [1.165, 1.54) is 27.1 Å². The lowest BCUT2D eigenvalue weighted by Gasteiger charge is -2.11. The van der Waals surface area contributed by atoms with Crippen LogP contribution in [-0.2, 0) is 6.42 Å². The van der Waals surface area contributed by atoms with Crippen molar-refractivity contribution in [2.24, 2.45) is 0 Å². The molecular formula is C18H17. The van der Waals surface area contributed by atoms with Gasteiger partial charge in [0.05, 0.1) is 0 Å². The maximum atomic E-state index is 3.96. The van der Waals surface area contributed by atoms with E-state index in [-0.39, 0.29) is 0 Å². The van der Waals surface area contributed by atoms with Crippen LogP contribution in [0, 0.1) is 6.92 Å². The minimum absolute atomic E-state index is 0.998. The van der Waals surface area contributed by atoms with Gasteiger partial charge in [0.15, 0.2) is 0 Å². The van der Waals surface area contributed by atoms with Crippen molar-refractivity contribution in [2.75, 3.05) is 0 Å². The van der Waals surface area contributed by atoms with Gasteiger partial charge in [-0.2, -0.15) is 0 Å².